The quantitative estimate of drug-likeness (QED) is 0.360. The highest BCUT2D eigenvalue weighted by Crippen LogP contribution is 2.41. The highest BCUT2D eigenvalue weighted by Gasteiger charge is 2.24. The molecule has 0 atom stereocenters. The van der Waals surface area contributed by atoms with Crippen LogP contribution in [0, 0.1) is 0 Å². The summed E-state index contributed by atoms with van der Waals surface area (Å²) in [6.45, 7) is 11.1. The van der Waals surface area contributed by atoms with Crippen molar-refractivity contribution >= 4 is 0 Å². The molecule has 3 aromatic rings. The largest absolute Gasteiger partial charge is 0.392 e. The molecule has 0 spiro atoms. The number of unbranched alkanes of at least 4 members (excludes halogenated alkanes) is 2. The van der Waals surface area contributed by atoms with E-state index in [-0.39, 0.29) is 12.5 Å². The fourth-order valence-corrected chi connectivity index (χ4v) is 4.52. The van der Waals surface area contributed by atoms with Gasteiger partial charge in [-0.1, -0.05) is 102 Å². The number of aliphatic hydroxyl groups excluding tert-OH is 1. The van der Waals surface area contributed by atoms with Crippen molar-refractivity contribution < 1.29 is 5.11 Å². The molecule has 0 fully saturated rings. The molecule has 1 aromatic heterocycles. The van der Waals surface area contributed by atoms with E-state index in [0.29, 0.717) is 5.92 Å². The van der Waals surface area contributed by atoms with Gasteiger partial charge in [0.05, 0.1) is 6.61 Å². The lowest BCUT2D eigenvalue weighted by Crippen LogP contribution is -2.13. The van der Waals surface area contributed by atoms with Crippen molar-refractivity contribution in [1.29, 1.82) is 0 Å². The van der Waals surface area contributed by atoms with Gasteiger partial charge in [0.2, 0.25) is 0 Å². The lowest BCUT2D eigenvalue weighted by Gasteiger charge is -2.25. The number of benzene rings is 2. The SMILES string of the molecule is CCCCCc1c(C(C)C)nc(C(C)C)c(CO)c1-c1ccccc1-c1ccccc1. The van der Waals surface area contributed by atoms with Crippen LogP contribution in [0.15, 0.2) is 54.6 Å². The Bertz CT molecular complexity index is 989. The summed E-state index contributed by atoms with van der Waals surface area (Å²) in [6.07, 6.45) is 4.54. The number of pyridine rings is 1. The number of hydrogen-bond donors (Lipinski definition) is 1. The van der Waals surface area contributed by atoms with Crippen LogP contribution in [0.5, 0.6) is 0 Å². The van der Waals surface area contributed by atoms with Gasteiger partial charge in [-0.3, -0.25) is 4.98 Å². The molecule has 0 unspecified atom stereocenters. The molecular formula is C29H37NO. The molecule has 31 heavy (non-hydrogen) atoms. The van der Waals surface area contributed by atoms with Crippen LogP contribution < -0.4 is 0 Å². The zero-order valence-electron chi connectivity index (χ0n) is 19.8. The molecule has 0 bridgehead atoms. The molecule has 1 N–H and O–H groups in total. The van der Waals surface area contributed by atoms with Gasteiger partial charge in [0.25, 0.3) is 0 Å². The second-order valence-corrected chi connectivity index (χ2v) is 9.05. The molecule has 0 saturated carbocycles. The van der Waals surface area contributed by atoms with E-state index in [1.165, 1.54) is 46.4 Å². The minimum absolute atomic E-state index is 0.0120. The third kappa shape index (κ3) is 5.07. The Kier molecular flexibility index (Phi) is 8.03. The zero-order valence-corrected chi connectivity index (χ0v) is 19.8. The standard InChI is InChI=1S/C29H37NO/c1-6-7-9-18-25-27(26(19-31)29(21(4)5)30-28(25)20(2)3)24-17-13-12-16-23(24)22-14-10-8-11-15-22/h8,10-17,20-21,31H,6-7,9,18-19H2,1-5H3. The molecule has 0 saturated heterocycles. The lowest BCUT2D eigenvalue weighted by molar-refractivity contribution is 0.279. The van der Waals surface area contributed by atoms with E-state index in [2.05, 4.69) is 89.2 Å². The third-order valence-corrected chi connectivity index (χ3v) is 6.03. The second-order valence-electron chi connectivity index (χ2n) is 9.05. The monoisotopic (exact) mass is 415 g/mol. The van der Waals surface area contributed by atoms with Crippen LogP contribution in [0.2, 0.25) is 0 Å². The second kappa shape index (κ2) is 10.7. The summed E-state index contributed by atoms with van der Waals surface area (Å²) in [7, 11) is 0. The number of hydrogen-bond acceptors (Lipinski definition) is 2. The van der Waals surface area contributed by atoms with Crippen LogP contribution in [0.3, 0.4) is 0 Å². The summed E-state index contributed by atoms with van der Waals surface area (Å²) in [4.78, 5) is 5.15. The average Bonchev–Trinajstić information content (AvgIpc) is 2.78. The van der Waals surface area contributed by atoms with Gasteiger partial charge in [-0.25, -0.2) is 0 Å². The van der Waals surface area contributed by atoms with Gasteiger partial charge in [-0.2, -0.15) is 0 Å². The third-order valence-electron chi connectivity index (χ3n) is 6.03. The number of nitrogens with zero attached hydrogens (tertiary/aromatic N) is 1. The minimum atomic E-state index is 0.0120. The lowest BCUT2D eigenvalue weighted by atomic mass is 9.83. The maximum absolute atomic E-state index is 10.6. The van der Waals surface area contributed by atoms with Gasteiger partial charge in [-0.05, 0) is 52.5 Å². The molecule has 0 aliphatic heterocycles. The Morgan fingerprint density at radius 3 is 1.90 bits per heavy atom. The molecule has 2 heteroatoms. The van der Waals surface area contributed by atoms with Crippen LogP contribution in [0.4, 0.5) is 0 Å². The van der Waals surface area contributed by atoms with Gasteiger partial charge in [0.15, 0.2) is 0 Å². The summed E-state index contributed by atoms with van der Waals surface area (Å²) in [5.74, 6) is 0.594. The van der Waals surface area contributed by atoms with Gasteiger partial charge < -0.3 is 5.11 Å². The van der Waals surface area contributed by atoms with E-state index < -0.39 is 0 Å². The van der Waals surface area contributed by atoms with E-state index in [1.54, 1.807) is 0 Å². The summed E-state index contributed by atoms with van der Waals surface area (Å²) < 4.78 is 0. The topological polar surface area (TPSA) is 33.1 Å². The Balaban J connectivity index is 2.37. The van der Waals surface area contributed by atoms with Crippen molar-refractivity contribution in [3.63, 3.8) is 0 Å². The summed E-state index contributed by atoms with van der Waals surface area (Å²) >= 11 is 0. The fraction of sp³-hybridized carbons (Fsp3) is 0.414. The van der Waals surface area contributed by atoms with Crippen LogP contribution in [0.1, 0.15) is 88.2 Å². The normalized spacial score (nSPS) is 11.5. The van der Waals surface area contributed by atoms with Gasteiger partial charge >= 0.3 is 0 Å². The Hall–Kier alpha value is -2.45. The fourth-order valence-electron chi connectivity index (χ4n) is 4.52. The maximum atomic E-state index is 10.6. The van der Waals surface area contributed by atoms with Crippen LogP contribution in [-0.2, 0) is 13.0 Å². The molecule has 0 amide bonds. The first-order chi connectivity index (χ1) is 15.0. The van der Waals surface area contributed by atoms with Gasteiger partial charge in [0.1, 0.15) is 0 Å². The molecule has 3 rings (SSSR count). The molecule has 2 aromatic carbocycles. The Morgan fingerprint density at radius 1 is 0.742 bits per heavy atom. The molecule has 1 heterocycles. The van der Waals surface area contributed by atoms with Crippen molar-refractivity contribution in [2.24, 2.45) is 0 Å². The van der Waals surface area contributed by atoms with E-state index >= 15 is 0 Å². The molecule has 0 aliphatic carbocycles. The first-order valence-electron chi connectivity index (χ1n) is 11.8. The first kappa shape index (κ1) is 23.2. The smallest absolute Gasteiger partial charge is 0.0705 e. The van der Waals surface area contributed by atoms with E-state index in [4.69, 9.17) is 4.98 Å². The van der Waals surface area contributed by atoms with Crippen molar-refractivity contribution in [3.8, 4) is 22.3 Å². The number of aliphatic hydroxyl groups is 1. The zero-order chi connectivity index (χ0) is 22.4. The van der Waals surface area contributed by atoms with Gasteiger partial charge in [0, 0.05) is 17.0 Å². The van der Waals surface area contributed by atoms with Crippen molar-refractivity contribution in [3.05, 3.63) is 77.1 Å². The maximum Gasteiger partial charge on any atom is 0.0705 e. The Morgan fingerprint density at radius 2 is 1.32 bits per heavy atom. The van der Waals surface area contributed by atoms with Crippen molar-refractivity contribution in [2.75, 3.05) is 0 Å². The Labute approximate surface area is 188 Å². The van der Waals surface area contributed by atoms with Crippen LogP contribution >= 0.6 is 0 Å². The molecule has 0 radical (unpaired) electrons. The number of rotatable bonds is 9. The predicted molar refractivity (Wildman–Crippen MR) is 132 cm³/mol. The summed E-state index contributed by atoms with van der Waals surface area (Å²) in [5.41, 5.74) is 9.37. The van der Waals surface area contributed by atoms with Crippen molar-refractivity contribution in [2.45, 2.75) is 78.7 Å². The van der Waals surface area contributed by atoms with Crippen LogP contribution in [0.25, 0.3) is 22.3 Å². The molecule has 0 aliphatic rings. The molecule has 164 valence electrons. The number of aromatic nitrogens is 1. The van der Waals surface area contributed by atoms with Gasteiger partial charge in [-0.15, -0.1) is 0 Å². The van der Waals surface area contributed by atoms with E-state index in [0.717, 1.165) is 24.1 Å². The summed E-state index contributed by atoms with van der Waals surface area (Å²) in [6, 6.07) is 19.2. The molecular weight excluding hydrogens is 378 g/mol. The summed E-state index contributed by atoms with van der Waals surface area (Å²) in [5, 5.41) is 10.6. The highest BCUT2D eigenvalue weighted by molar-refractivity contribution is 5.87. The predicted octanol–water partition coefficient (Wildman–Crippen LogP) is 7.89. The van der Waals surface area contributed by atoms with E-state index in [9.17, 15) is 5.11 Å². The van der Waals surface area contributed by atoms with Crippen molar-refractivity contribution in [1.82, 2.24) is 4.98 Å². The van der Waals surface area contributed by atoms with E-state index in [1.807, 2.05) is 0 Å². The molecule has 2 nitrogen and oxygen atoms in total. The highest BCUT2D eigenvalue weighted by atomic mass is 16.3. The first-order valence-corrected chi connectivity index (χ1v) is 11.8. The average molecular weight is 416 g/mol. The van der Waals surface area contributed by atoms with Crippen LogP contribution in [-0.4, -0.2) is 10.1 Å². The minimum Gasteiger partial charge on any atom is -0.392 e.